The standard InChI is InChI=1S/C64H73F3N10O10S/c1-37-7-5-6-8-44(37)52-34-74(38(2)46-33-69-58(64(65,66)67)57-55(46)62(3,4)17-26-85-57)21-22-75(52)42-31-63(32-42)15-19-73(20-16-63)41-9-10-45(49(28-41)76-48-14-25-84-36-54(48)87-61-51(76)27-40-11-18-68-59(40)71-61)60(78)72-88(81,82)43-29-50(77(79)80)56-53(30-43)86-35-47(70-56)39-12-23-83-24-13-39/h5-11,18,27-30,33,38-39,42,47-48,52,54,70H,12-17,19-26,31-32,34-36H2,1-4H3,(H,68,71)(H,72,78)/t38-,47-,48-,52-,54-/m0/s1. The Hall–Kier alpha value is -7.25. The molecule has 1 aliphatic carbocycles. The van der Waals surface area contributed by atoms with Crippen LogP contribution >= 0.6 is 0 Å². The maximum Gasteiger partial charge on any atom is 0.437 e. The summed E-state index contributed by atoms with van der Waals surface area (Å²) in [5.74, 6) is -0.594. The number of pyridine rings is 2. The van der Waals surface area contributed by atoms with Gasteiger partial charge in [0.1, 0.15) is 24.0 Å². The molecule has 6 aromatic rings. The molecule has 88 heavy (non-hydrogen) atoms. The van der Waals surface area contributed by atoms with Crippen molar-refractivity contribution < 1.29 is 55.0 Å². The first-order chi connectivity index (χ1) is 42.2. The van der Waals surface area contributed by atoms with Gasteiger partial charge in [0.25, 0.3) is 21.6 Å². The lowest BCUT2D eigenvalue weighted by Gasteiger charge is -2.58. The zero-order chi connectivity index (χ0) is 61.0. The summed E-state index contributed by atoms with van der Waals surface area (Å²) in [6, 6.07) is 19.6. The number of aromatic nitrogens is 3. The Labute approximate surface area is 508 Å². The molecule has 4 saturated heterocycles. The number of carbonyl (C=O) groups excluding carboxylic acids is 1. The van der Waals surface area contributed by atoms with E-state index in [4.69, 9.17) is 28.7 Å². The number of piperazine rings is 1. The number of halogens is 3. The van der Waals surface area contributed by atoms with Crippen LogP contribution in [0.25, 0.3) is 11.0 Å². The van der Waals surface area contributed by atoms with Gasteiger partial charge in [0.2, 0.25) is 5.88 Å². The number of anilines is 4. The molecule has 24 heteroatoms. The average molecular weight is 1230 g/mol. The second-order valence-electron chi connectivity index (χ2n) is 26.0. The highest BCUT2D eigenvalue weighted by Crippen LogP contribution is 2.55. The van der Waals surface area contributed by atoms with Gasteiger partial charge in [-0.05, 0) is 129 Å². The van der Waals surface area contributed by atoms with Crippen LogP contribution in [0.5, 0.6) is 17.4 Å². The number of sulfonamides is 1. The summed E-state index contributed by atoms with van der Waals surface area (Å²) in [6.45, 7) is 14.1. The number of carbonyl (C=O) groups is 1. The highest BCUT2D eigenvalue weighted by Gasteiger charge is 2.52. The van der Waals surface area contributed by atoms with E-state index in [9.17, 15) is 36.5 Å². The van der Waals surface area contributed by atoms with Crippen molar-refractivity contribution in [2.75, 3.05) is 87.5 Å². The molecule has 14 rings (SSSR count). The second kappa shape index (κ2) is 22.4. The van der Waals surface area contributed by atoms with Crippen molar-refractivity contribution in [1.29, 1.82) is 0 Å². The van der Waals surface area contributed by atoms with Gasteiger partial charge in [-0.25, -0.2) is 18.1 Å². The SMILES string of the molecule is Cc1ccccc1[C@@H]1CN([C@@H](C)c2cnc(C(F)(F)F)c3c2C(C)(C)CCO3)CCN1C1CC2(CCN(c3ccc(C(=O)NS(=O)(=O)c4cc5c(c([N+](=O)[O-])c4)N[C@H](C4CCOCC4)CO5)c(N4c5cc6cc[nH]c6nc5O[C@H]5COCC[C@@H]54)c3)CC2)C1. The molecule has 0 bridgehead atoms. The second-order valence-corrected chi connectivity index (χ2v) is 27.7. The number of rotatable bonds is 11. The number of piperidine rings is 1. The number of nitrogens with zero attached hydrogens (tertiary/aromatic N) is 7. The minimum absolute atomic E-state index is 0.00296. The molecule has 10 heterocycles. The van der Waals surface area contributed by atoms with Gasteiger partial charge in [-0.15, -0.1) is 0 Å². The summed E-state index contributed by atoms with van der Waals surface area (Å²) >= 11 is 0. The number of nitro benzene ring substituents is 1. The summed E-state index contributed by atoms with van der Waals surface area (Å²) in [6.07, 6.45) is 4.61. The Morgan fingerprint density at radius 1 is 0.909 bits per heavy atom. The Balaban J connectivity index is 0.728. The highest BCUT2D eigenvalue weighted by molar-refractivity contribution is 7.90. The minimum atomic E-state index is -4.75. The van der Waals surface area contributed by atoms with Crippen LogP contribution in [0.15, 0.2) is 84.0 Å². The van der Waals surface area contributed by atoms with Crippen LogP contribution in [0.2, 0.25) is 0 Å². The minimum Gasteiger partial charge on any atom is -0.491 e. The van der Waals surface area contributed by atoms with Gasteiger partial charge < -0.3 is 43.8 Å². The van der Waals surface area contributed by atoms with Crippen molar-refractivity contribution in [2.24, 2.45) is 11.3 Å². The molecule has 20 nitrogen and oxygen atoms in total. The molecular formula is C64H73F3N10O10S. The molecular weight excluding hydrogens is 1160 g/mol. The van der Waals surface area contributed by atoms with Crippen LogP contribution in [0.4, 0.5) is 41.6 Å². The number of hydrogen-bond donors (Lipinski definition) is 3. The Morgan fingerprint density at radius 2 is 1.69 bits per heavy atom. The normalized spacial score (nSPS) is 24.3. The van der Waals surface area contributed by atoms with Crippen LogP contribution in [-0.4, -0.2) is 141 Å². The van der Waals surface area contributed by atoms with Gasteiger partial charge >= 0.3 is 6.18 Å². The Morgan fingerprint density at radius 3 is 2.47 bits per heavy atom. The van der Waals surface area contributed by atoms with Crippen LogP contribution in [0.1, 0.15) is 123 Å². The van der Waals surface area contributed by atoms with Crippen molar-refractivity contribution in [2.45, 2.75) is 132 Å². The third-order valence-corrected chi connectivity index (χ3v) is 21.7. The van der Waals surface area contributed by atoms with E-state index in [0.717, 1.165) is 87.4 Å². The number of aryl methyl sites for hydroxylation is 1. The van der Waals surface area contributed by atoms with E-state index in [1.807, 2.05) is 43.0 Å². The number of H-pyrrole nitrogens is 1. The molecule has 1 saturated carbocycles. The summed E-state index contributed by atoms with van der Waals surface area (Å²) in [7, 11) is -4.75. The molecule has 1 amide bonds. The largest absolute Gasteiger partial charge is 0.491 e. The fraction of sp³-hybridized carbons (Fsp3) is 0.516. The quantitative estimate of drug-likeness (QED) is 0.0811. The smallest absolute Gasteiger partial charge is 0.437 e. The number of nitrogens with one attached hydrogen (secondary N) is 3. The first kappa shape index (κ1) is 58.4. The van der Waals surface area contributed by atoms with Crippen molar-refractivity contribution in [1.82, 2.24) is 29.5 Å². The van der Waals surface area contributed by atoms with Crippen molar-refractivity contribution in [3.8, 4) is 17.4 Å². The molecule has 0 unspecified atom stereocenters. The predicted octanol–water partition coefficient (Wildman–Crippen LogP) is 10.5. The topological polar surface area (TPSA) is 219 Å². The maximum absolute atomic E-state index is 15.0. The molecule has 5 atom stereocenters. The first-order valence-corrected chi connectivity index (χ1v) is 32.3. The number of ether oxygens (including phenoxy) is 5. The average Bonchev–Trinajstić information content (AvgIpc) is 1.16. The van der Waals surface area contributed by atoms with Crippen molar-refractivity contribution in [3.63, 3.8) is 0 Å². The van der Waals surface area contributed by atoms with Crippen LogP contribution in [-0.2, 0) is 31.1 Å². The lowest BCUT2D eigenvalue weighted by molar-refractivity contribution is -0.384. The number of alkyl halides is 3. The summed E-state index contributed by atoms with van der Waals surface area (Å²) in [5.41, 5.74) is 4.58. The number of fused-ring (bicyclic) bond motifs is 5. The van der Waals surface area contributed by atoms with E-state index >= 15 is 0 Å². The zero-order valence-corrected chi connectivity index (χ0v) is 50.6. The van der Waals surface area contributed by atoms with E-state index in [2.05, 4.69) is 72.8 Å². The third-order valence-electron chi connectivity index (χ3n) is 20.4. The van der Waals surface area contributed by atoms with Gasteiger partial charge in [0, 0.05) is 112 Å². The van der Waals surface area contributed by atoms with E-state index in [1.165, 1.54) is 23.4 Å². The third kappa shape index (κ3) is 10.5. The summed E-state index contributed by atoms with van der Waals surface area (Å²) < 4.78 is 104. The van der Waals surface area contributed by atoms with Gasteiger partial charge in [-0.1, -0.05) is 38.1 Å². The molecule has 0 radical (unpaired) electrons. The van der Waals surface area contributed by atoms with E-state index in [-0.39, 0.29) is 78.1 Å². The molecule has 5 fully saturated rings. The number of aromatic amines is 1. The monoisotopic (exact) mass is 1230 g/mol. The van der Waals surface area contributed by atoms with Gasteiger partial charge in [-0.2, -0.15) is 18.2 Å². The summed E-state index contributed by atoms with van der Waals surface area (Å²) in [4.78, 5) is 48.0. The molecule has 3 aromatic carbocycles. The van der Waals surface area contributed by atoms with E-state index in [1.54, 1.807) is 12.3 Å². The maximum atomic E-state index is 15.0. The molecule has 7 aliphatic heterocycles. The van der Waals surface area contributed by atoms with Gasteiger partial charge in [0.15, 0.2) is 22.9 Å². The van der Waals surface area contributed by atoms with Gasteiger partial charge in [-0.3, -0.25) is 24.7 Å². The predicted molar refractivity (Wildman–Crippen MR) is 322 cm³/mol. The molecule has 466 valence electrons. The Bertz CT molecular complexity index is 3830. The Kier molecular flexibility index (Phi) is 14.8. The molecule has 8 aliphatic rings. The van der Waals surface area contributed by atoms with Gasteiger partial charge in [0.05, 0.1) is 46.4 Å². The molecule has 3 aromatic heterocycles. The number of nitro groups is 1. The van der Waals surface area contributed by atoms with Crippen LogP contribution in [0, 0.1) is 28.4 Å². The van der Waals surface area contributed by atoms with E-state index in [0.29, 0.717) is 73.7 Å². The number of amides is 1. The van der Waals surface area contributed by atoms with Crippen molar-refractivity contribution in [3.05, 3.63) is 123 Å². The highest BCUT2D eigenvalue weighted by atomic mass is 32.2. The number of hydrogen-bond acceptors (Lipinski definition) is 17. The van der Waals surface area contributed by atoms with E-state index < -0.39 is 54.8 Å². The fourth-order valence-electron chi connectivity index (χ4n) is 15.5. The lowest BCUT2D eigenvalue weighted by Crippen LogP contribution is -2.60. The van der Waals surface area contributed by atoms with Crippen LogP contribution < -0.4 is 34.0 Å². The molecule has 3 N–H and O–H groups in total. The first-order valence-electron chi connectivity index (χ1n) is 30.8. The zero-order valence-electron chi connectivity index (χ0n) is 49.7. The number of benzene rings is 3. The summed E-state index contributed by atoms with van der Waals surface area (Å²) in [5, 5.41) is 16.7. The molecule has 1 spiro atoms. The van der Waals surface area contributed by atoms with Crippen LogP contribution in [0.3, 0.4) is 0 Å². The lowest BCUT2D eigenvalue weighted by atomic mass is 9.59. The fourth-order valence-corrected chi connectivity index (χ4v) is 16.5. The van der Waals surface area contributed by atoms with Crippen molar-refractivity contribution >= 4 is 55.4 Å².